The van der Waals surface area contributed by atoms with Crippen molar-refractivity contribution in [1.82, 2.24) is 9.88 Å². The van der Waals surface area contributed by atoms with Gasteiger partial charge < -0.3 is 4.74 Å². The number of halogens is 2. The van der Waals surface area contributed by atoms with Gasteiger partial charge in [0.25, 0.3) is 5.91 Å². The van der Waals surface area contributed by atoms with Gasteiger partial charge in [0.1, 0.15) is 5.75 Å². The topological polar surface area (TPSA) is 54.5 Å². The Morgan fingerprint density at radius 2 is 2.03 bits per heavy atom. The Kier molecular flexibility index (Phi) is 6.35. The Morgan fingerprint density at radius 1 is 1.21 bits per heavy atom. The van der Waals surface area contributed by atoms with Crippen LogP contribution in [0.3, 0.4) is 0 Å². The quantitative estimate of drug-likeness (QED) is 0.575. The third-order valence-corrected chi connectivity index (χ3v) is 5.98. The van der Waals surface area contributed by atoms with Crippen LogP contribution in [0.4, 0.5) is 5.13 Å². The van der Waals surface area contributed by atoms with E-state index in [4.69, 9.17) is 27.9 Å². The molecule has 0 unspecified atom stereocenters. The van der Waals surface area contributed by atoms with Crippen molar-refractivity contribution in [3.63, 3.8) is 0 Å². The van der Waals surface area contributed by atoms with Crippen LogP contribution in [0, 0.1) is 0 Å². The standard InChI is InChI=1S/C21H19Cl2N3O2S/c22-16-5-6-19(18(23)9-16)28-12-20(27)25-21-24-17(13-29-21)11-26-8-7-14-3-1-2-4-15(14)10-26/h1-6,9,13H,7-8,10-12H2,(H,24,25,27). The van der Waals surface area contributed by atoms with Crippen LogP contribution in [0.5, 0.6) is 5.75 Å². The number of carbonyl (C=O) groups is 1. The molecule has 150 valence electrons. The minimum atomic E-state index is -0.288. The Balaban J connectivity index is 1.28. The van der Waals surface area contributed by atoms with Crippen molar-refractivity contribution in [3.8, 4) is 5.75 Å². The van der Waals surface area contributed by atoms with Gasteiger partial charge in [0.2, 0.25) is 0 Å². The number of fused-ring (bicyclic) bond motifs is 1. The molecule has 1 amide bonds. The normalized spacial score (nSPS) is 13.7. The van der Waals surface area contributed by atoms with E-state index in [0.29, 0.717) is 20.9 Å². The SMILES string of the molecule is O=C(COc1ccc(Cl)cc1Cl)Nc1nc(CN2CCc3ccccc3C2)cs1. The van der Waals surface area contributed by atoms with Gasteiger partial charge in [-0.3, -0.25) is 15.0 Å². The van der Waals surface area contributed by atoms with Crippen molar-refractivity contribution in [2.45, 2.75) is 19.5 Å². The zero-order valence-electron chi connectivity index (χ0n) is 15.5. The van der Waals surface area contributed by atoms with Crippen molar-refractivity contribution in [1.29, 1.82) is 0 Å². The molecule has 5 nitrogen and oxygen atoms in total. The number of amides is 1. The molecule has 3 aromatic rings. The summed E-state index contributed by atoms with van der Waals surface area (Å²) in [6.45, 7) is 2.54. The maximum Gasteiger partial charge on any atom is 0.264 e. The summed E-state index contributed by atoms with van der Waals surface area (Å²) in [4.78, 5) is 19.1. The van der Waals surface area contributed by atoms with Gasteiger partial charge in [0.15, 0.2) is 11.7 Å². The number of hydrogen-bond acceptors (Lipinski definition) is 5. The smallest absolute Gasteiger partial charge is 0.264 e. The van der Waals surface area contributed by atoms with Crippen molar-refractivity contribution in [2.75, 3.05) is 18.5 Å². The van der Waals surface area contributed by atoms with Crippen LogP contribution in [-0.4, -0.2) is 28.9 Å². The number of carbonyl (C=O) groups excluding carboxylic acids is 1. The molecule has 4 rings (SSSR count). The molecule has 2 heterocycles. The average molecular weight is 448 g/mol. The Morgan fingerprint density at radius 3 is 2.86 bits per heavy atom. The lowest BCUT2D eigenvalue weighted by atomic mass is 10.00. The number of thiazole rings is 1. The van der Waals surface area contributed by atoms with Gasteiger partial charge in [0, 0.05) is 30.0 Å². The van der Waals surface area contributed by atoms with Gasteiger partial charge in [-0.1, -0.05) is 47.5 Å². The van der Waals surface area contributed by atoms with Crippen molar-refractivity contribution >= 4 is 45.6 Å². The van der Waals surface area contributed by atoms with Crippen LogP contribution < -0.4 is 10.1 Å². The molecule has 0 radical (unpaired) electrons. The number of nitrogens with zero attached hydrogens (tertiary/aromatic N) is 2. The molecule has 0 saturated heterocycles. The number of rotatable bonds is 6. The zero-order chi connectivity index (χ0) is 20.2. The van der Waals surface area contributed by atoms with Gasteiger partial charge in [-0.05, 0) is 35.7 Å². The first-order valence-electron chi connectivity index (χ1n) is 9.18. The Hall–Kier alpha value is -2.12. The maximum absolute atomic E-state index is 12.2. The summed E-state index contributed by atoms with van der Waals surface area (Å²) < 4.78 is 5.45. The fourth-order valence-corrected chi connectivity index (χ4v) is 4.43. The number of nitrogens with one attached hydrogen (secondary N) is 1. The molecule has 1 aromatic heterocycles. The Bertz CT molecular complexity index is 1020. The predicted octanol–water partition coefficient (Wildman–Crippen LogP) is 5.03. The fraction of sp³-hybridized carbons (Fsp3) is 0.238. The number of hydrogen-bond donors (Lipinski definition) is 1. The molecule has 0 atom stereocenters. The highest BCUT2D eigenvalue weighted by atomic mass is 35.5. The van der Waals surface area contributed by atoms with Crippen LogP contribution in [0.2, 0.25) is 10.0 Å². The second-order valence-corrected chi connectivity index (χ2v) is 8.49. The monoisotopic (exact) mass is 447 g/mol. The van der Waals surface area contributed by atoms with Gasteiger partial charge >= 0.3 is 0 Å². The highest BCUT2D eigenvalue weighted by Crippen LogP contribution is 2.27. The maximum atomic E-state index is 12.2. The summed E-state index contributed by atoms with van der Waals surface area (Å²) >= 11 is 13.3. The number of benzene rings is 2. The van der Waals surface area contributed by atoms with E-state index in [2.05, 4.69) is 39.5 Å². The third-order valence-electron chi connectivity index (χ3n) is 4.65. The van der Waals surface area contributed by atoms with Crippen LogP contribution >= 0.6 is 34.5 Å². The summed E-state index contributed by atoms with van der Waals surface area (Å²) in [6, 6.07) is 13.4. The molecule has 0 saturated carbocycles. The van der Waals surface area contributed by atoms with Crippen molar-refractivity contribution < 1.29 is 9.53 Å². The average Bonchev–Trinajstić information content (AvgIpc) is 3.14. The summed E-state index contributed by atoms with van der Waals surface area (Å²) in [5, 5.41) is 6.19. The molecule has 29 heavy (non-hydrogen) atoms. The van der Waals surface area contributed by atoms with Gasteiger partial charge in [-0.25, -0.2) is 4.98 Å². The number of ether oxygens (including phenoxy) is 1. The first-order chi connectivity index (χ1) is 14.1. The predicted molar refractivity (Wildman–Crippen MR) is 117 cm³/mol. The zero-order valence-corrected chi connectivity index (χ0v) is 17.9. The van der Waals surface area contributed by atoms with E-state index in [-0.39, 0.29) is 12.5 Å². The summed E-state index contributed by atoms with van der Waals surface area (Å²) in [5.41, 5.74) is 3.75. The van der Waals surface area contributed by atoms with E-state index in [1.165, 1.54) is 22.5 Å². The minimum absolute atomic E-state index is 0.154. The first-order valence-corrected chi connectivity index (χ1v) is 10.8. The summed E-state index contributed by atoms with van der Waals surface area (Å²) in [6.07, 6.45) is 1.05. The van der Waals surface area contributed by atoms with E-state index >= 15 is 0 Å². The molecule has 0 fully saturated rings. The number of aromatic nitrogens is 1. The summed E-state index contributed by atoms with van der Waals surface area (Å²) in [7, 11) is 0. The molecule has 1 aliphatic heterocycles. The lowest BCUT2D eigenvalue weighted by Gasteiger charge is -2.27. The van der Waals surface area contributed by atoms with E-state index in [1.54, 1.807) is 18.2 Å². The van der Waals surface area contributed by atoms with Crippen LogP contribution in [0.1, 0.15) is 16.8 Å². The molecule has 2 aromatic carbocycles. The molecule has 1 N–H and O–H groups in total. The van der Waals surface area contributed by atoms with Gasteiger partial charge in [0.05, 0.1) is 10.7 Å². The van der Waals surface area contributed by atoms with Crippen molar-refractivity contribution in [3.05, 3.63) is 74.7 Å². The molecule has 8 heteroatoms. The molecule has 0 aliphatic carbocycles. The largest absolute Gasteiger partial charge is 0.482 e. The highest BCUT2D eigenvalue weighted by molar-refractivity contribution is 7.13. The van der Waals surface area contributed by atoms with Crippen LogP contribution in [0.15, 0.2) is 47.8 Å². The second-order valence-electron chi connectivity index (χ2n) is 6.78. The van der Waals surface area contributed by atoms with E-state index < -0.39 is 0 Å². The van der Waals surface area contributed by atoms with E-state index in [0.717, 1.165) is 31.7 Å². The van der Waals surface area contributed by atoms with Crippen molar-refractivity contribution in [2.24, 2.45) is 0 Å². The molecular formula is C21H19Cl2N3O2S. The van der Waals surface area contributed by atoms with Crippen LogP contribution in [0.25, 0.3) is 0 Å². The molecule has 0 bridgehead atoms. The van der Waals surface area contributed by atoms with Gasteiger partial charge in [-0.2, -0.15) is 0 Å². The second kappa shape index (κ2) is 9.13. The summed E-state index contributed by atoms with van der Waals surface area (Å²) in [5.74, 6) is 0.125. The molecule has 1 aliphatic rings. The minimum Gasteiger partial charge on any atom is -0.482 e. The molecular weight excluding hydrogens is 429 g/mol. The third kappa shape index (κ3) is 5.28. The Labute approximate surface area is 183 Å². The number of anilines is 1. The van der Waals surface area contributed by atoms with E-state index in [1.807, 2.05) is 5.38 Å². The lowest BCUT2D eigenvalue weighted by molar-refractivity contribution is -0.118. The van der Waals surface area contributed by atoms with Crippen LogP contribution in [-0.2, 0) is 24.3 Å². The molecule has 0 spiro atoms. The highest BCUT2D eigenvalue weighted by Gasteiger charge is 2.17. The fourth-order valence-electron chi connectivity index (χ4n) is 3.25. The lowest BCUT2D eigenvalue weighted by Crippen LogP contribution is -2.30. The first kappa shape index (κ1) is 20.2. The van der Waals surface area contributed by atoms with Gasteiger partial charge in [-0.15, -0.1) is 11.3 Å². The van der Waals surface area contributed by atoms with E-state index in [9.17, 15) is 4.79 Å².